The highest BCUT2D eigenvalue weighted by Gasteiger charge is 2.22. The maximum atomic E-state index is 12.7. The number of aromatic nitrogens is 5. The largest absolute Gasteiger partial charge is 0.493 e. The third kappa shape index (κ3) is 7.40. The lowest BCUT2D eigenvalue weighted by Gasteiger charge is -2.20. The molecule has 39 heavy (non-hydrogen) atoms. The van der Waals surface area contributed by atoms with Crippen molar-refractivity contribution in [3.8, 4) is 23.5 Å². The lowest BCUT2D eigenvalue weighted by molar-refractivity contribution is -0.134. The van der Waals surface area contributed by atoms with E-state index in [1.165, 1.54) is 19.5 Å². The molecule has 0 radical (unpaired) electrons. The molecule has 200 valence electrons. The summed E-state index contributed by atoms with van der Waals surface area (Å²) in [5, 5.41) is 31.6. The minimum absolute atomic E-state index is 0.0447. The van der Waals surface area contributed by atoms with Crippen LogP contribution in [0.3, 0.4) is 0 Å². The first-order valence-electron chi connectivity index (χ1n) is 11.3. The maximum Gasteiger partial charge on any atom is 0.350 e. The third-order valence-corrected chi connectivity index (χ3v) is 4.97. The molecule has 4 aromatic rings. The van der Waals surface area contributed by atoms with Crippen molar-refractivity contribution in [2.45, 2.75) is 13.0 Å². The quantitative estimate of drug-likeness (QED) is 0.155. The standard InChI is InChI=1S/C23H21N9O3.C2H4O2/c1-34-18-13-15(5-8-17(18)35-12-9-24)19(29-16-6-3-14(4-7-16)20(25)26)21-30-23(33)32(31-21)22-27-10-2-11-28-22;1-2(3)4/h2-8,10-11,13,19,29H,12H2,1H3,(H3,25,26)(H,30,31,33);1H3,(H,3,4)/t19-;/m0./s1. The average molecular weight is 532 g/mol. The summed E-state index contributed by atoms with van der Waals surface area (Å²) in [6.45, 7) is 0.953. The van der Waals surface area contributed by atoms with Crippen LogP contribution in [-0.4, -0.2) is 55.4 Å². The van der Waals surface area contributed by atoms with Gasteiger partial charge in [-0.2, -0.15) is 5.26 Å². The van der Waals surface area contributed by atoms with Gasteiger partial charge in [0.2, 0.25) is 0 Å². The highest BCUT2D eigenvalue weighted by Crippen LogP contribution is 2.33. The van der Waals surface area contributed by atoms with E-state index in [1.807, 2.05) is 6.07 Å². The van der Waals surface area contributed by atoms with Crippen LogP contribution < -0.4 is 26.2 Å². The van der Waals surface area contributed by atoms with Crippen molar-refractivity contribution in [2.75, 3.05) is 19.0 Å². The smallest absolute Gasteiger partial charge is 0.350 e. The molecule has 2 heterocycles. The number of rotatable bonds is 9. The summed E-state index contributed by atoms with van der Waals surface area (Å²) < 4.78 is 11.9. The molecule has 2 aromatic carbocycles. The first-order valence-corrected chi connectivity index (χ1v) is 11.3. The van der Waals surface area contributed by atoms with Crippen LogP contribution in [0.1, 0.15) is 29.9 Å². The number of methoxy groups -OCH3 is 1. The van der Waals surface area contributed by atoms with Crippen LogP contribution in [-0.2, 0) is 4.79 Å². The van der Waals surface area contributed by atoms with Gasteiger partial charge in [0.15, 0.2) is 23.9 Å². The second-order valence-electron chi connectivity index (χ2n) is 7.72. The Hall–Kier alpha value is -5.71. The molecule has 0 bridgehead atoms. The summed E-state index contributed by atoms with van der Waals surface area (Å²) in [6.07, 6.45) is 3.03. The fraction of sp³-hybridized carbons (Fsp3) is 0.160. The Morgan fingerprint density at radius 1 is 1.23 bits per heavy atom. The van der Waals surface area contributed by atoms with Gasteiger partial charge in [-0.05, 0) is 48.0 Å². The summed E-state index contributed by atoms with van der Waals surface area (Å²) in [5.74, 6) is 0.355. The summed E-state index contributed by atoms with van der Waals surface area (Å²) >= 11 is 0. The van der Waals surface area contributed by atoms with Crippen molar-refractivity contribution >= 4 is 17.5 Å². The predicted octanol–water partition coefficient (Wildman–Crippen LogP) is 1.84. The second kappa shape index (κ2) is 13.0. The first-order chi connectivity index (χ1) is 18.7. The molecule has 0 saturated heterocycles. The Morgan fingerprint density at radius 3 is 2.49 bits per heavy atom. The maximum absolute atomic E-state index is 12.7. The number of aliphatic carboxylic acids is 1. The normalized spacial score (nSPS) is 10.8. The molecule has 6 N–H and O–H groups in total. The molecule has 14 nitrogen and oxygen atoms in total. The molecule has 0 spiro atoms. The Morgan fingerprint density at radius 2 is 1.90 bits per heavy atom. The monoisotopic (exact) mass is 531 g/mol. The zero-order valence-electron chi connectivity index (χ0n) is 21.0. The van der Waals surface area contributed by atoms with E-state index in [4.69, 9.17) is 35.8 Å². The van der Waals surface area contributed by atoms with E-state index in [9.17, 15) is 4.79 Å². The van der Waals surface area contributed by atoms with Gasteiger partial charge < -0.3 is 25.6 Å². The van der Waals surface area contributed by atoms with Gasteiger partial charge in [-0.1, -0.05) is 6.07 Å². The van der Waals surface area contributed by atoms with Crippen LogP contribution in [0.25, 0.3) is 5.95 Å². The van der Waals surface area contributed by atoms with Crippen molar-refractivity contribution in [1.82, 2.24) is 24.7 Å². The van der Waals surface area contributed by atoms with Gasteiger partial charge >= 0.3 is 5.69 Å². The van der Waals surface area contributed by atoms with Gasteiger partial charge in [0.25, 0.3) is 11.9 Å². The molecule has 0 amide bonds. The highest BCUT2D eigenvalue weighted by atomic mass is 16.5. The van der Waals surface area contributed by atoms with Crippen LogP contribution in [0.15, 0.2) is 65.7 Å². The number of H-pyrrole nitrogens is 1. The first kappa shape index (κ1) is 27.9. The van der Waals surface area contributed by atoms with E-state index >= 15 is 0 Å². The van der Waals surface area contributed by atoms with Crippen LogP contribution in [0.5, 0.6) is 11.5 Å². The van der Waals surface area contributed by atoms with Crippen molar-refractivity contribution in [3.63, 3.8) is 0 Å². The van der Waals surface area contributed by atoms with Gasteiger partial charge in [0.05, 0.1) is 7.11 Å². The molecule has 0 aliphatic rings. The number of nitrogens with two attached hydrogens (primary N) is 1. The van der Waals surface area contributed by atoms with Crippen molar-refractivity contribution < 1.29 is 19.4 Å². The highest BCUT2D eigenvalue weighted by molar-refractivity contribution is 5.95. The SMILES string of the molecule is CC(=O)O.COc1cc([C@H](Nc2ccc(C(=N)N)cc2)c2nn(-c3ncccn3)c(=O)[nH]2)ccc1OCC#N. The number of benzene rings is 2. The number of nitrogens with one attached hydrogen (secondary N) is 3. The van der Waals surface area contributed by atoms with Gasteiger partial charge in [0.1, 0.15) is 17.9 Å². The summed E-state index contributed by atoms with van der Waals surface area (Å²) in [7, 11) is 1.49. The van der Waals surface area contributed by atoms with Crippen molar-refractivity contribution in [3.05, 3.63) is 88.4 Å². The summed E-state index contributed by atoms with van der Waals surface area (Å²) in [5.41, 5.74) is 7.00. The van der Waals surface area contributed by atoms with E-state index in [0.29, 0.717) is 34.1 Å². The number of carboxylic acids is 1. The predicted molar refractivity (Wildman–Crippen MR) is 140 cm³/mol. The summed E-state index contributed by atoms with van der Waals surface area (Å²) in [6, 6.07) is 15.0. The topological polar surface area (TPSA) is 218 Å². The van der Waals surface area contributed by atoms with Gasteiger partial charge in [-0.15, -0.1) is 9.78 Å². The Balaban J connectivity index is 0.000000983. The van der Waals surface area contributed by atoms with Crippen LogP contribution in [0.4, 0.5) is 5.69 Å². The molecule has 0 unspecified atom stereocenters. The molecular formula is C25H25N9O5. The van der Waals surface area contributed by atoms with Crippen LogP contribution >= 0.6 is 0 Å². The molecule has 1 atom stereocenters. The Kier molecular flexibility index (Phi) is 9.30. The molecule has 14 heteroatoms. The van der Waals surface area contributed by atoms with Gasteiger partial charge in [-0.3, -0.25) is 15.2 Å². The fourth-order valence-electron chi connectivity index (χ4n) is 3.32. The number of carboxylic acid groups (broad SMARTS) is 1. The number of hydrogen-bond donors (Lipinski definition) is 5. The number of ether oxygens (including phenoxy) is 2. The number of amidine groups is 1. The van der Waals surface area contributed by atoms with Gasteiger partial charge in [-0.25, -0.2) is 14.8 Å². The van der Waals surface area contributed by atoms with E-state index in [0.717, 1.165) is 11.6 Å². The molecule has 0 saturated carbocycles. The number of nitrogen functional groups attached to an aromatic ring is 1. The average Bonchev–Trinajstić information content (AvgIpc) is 3.32. The minimum Gasteiger partial charge on any atom is -0.493 e. The van der Waals surface area contributed by atoms with E-state index in [-0.39, 0.29) is 18.4 Å². The molecule has 0 fully saturated rings. The number of carbonyl (C=O) groups is 1. The van der Waals surface area contributed by atoms with Crippen LogP contribution in [0.2, 0.25) is 0 Å². The number of aromatic amines is 1. The number of nitriles is 1. The number of nitrogens with zero attached hydrogens (tertiary/aromatic N) is 5. The van der Waals surface area contributed by atoms with E-state index in [2.05, 4.69) is 25.4 Å². The zero-order chi connectivity index (χ0) is 28.4. The van der Waals surface area contributed by atoms with Crippen LogP contribution in [0, 0.1) is 16.7 Å². The second-order valence-corrected chi connectivity index (χ2v) is 7.72. The lowest BCUT2D eigenvalue weighted by Crippen LogP contribution is -2.18. The van der Waals surface area contributed by atoms with E-state index in [1.54, 1.807) is 48.5 Å². The number of anilines is 1. The zero-order valence-corrected chi connectivity index (χ0v) is 21.0. The fourth-order valence-corrected chi connectivity index (χ4v) is 3.32. The molecular weight excluding hydrogens is 506 g/mol. The van der Waals surface area contributed by atoms with E-state index < -0.39 is 17.7 Å². The molecule has 2 aromatic heterocycles. The molecule has 4 rings (SSSR count). The third-order valence-electron chi connectivity index (χ3n) is 4.97. The van der Waals surface area contributed by atoms with Crippen molar-refractivity contribution in [1.29, 1.82) is 10.7 Å². The number of hydrogen-bond acceptors (Lipinski definition) is 10. The van der Waals surface area contributed by atoms with Gasteiger partial charge in [0, 0.05) is 30.6 Å². The lowest BCUT2D eigenvalue weighted by atomic mass is 10.0. The minimum atomic E-state index is -0.833. The summed E-state index contributed by atoms with van der Waals surface area (Å²) in [4.78, 5) is 32.6. The van der Waals surface area contributed by atoms with Crippen molar-refractivity contribution in [2.24, 2.45) is 5.73 Å². The Labute approximate surface area is 222 Å². The Bertz CT molecular complexity index is 1520. The molecule has 0 aliphatic heterocycles. The molecule has 0 aliphatic carbocycles.